The first-order chi connectivity index (χ1) is 9.53. The minimum Gasteiger partial charge on any atom is -0.388 e. The van der Waals surface area contributed by atoms with Gasteiger partial charge in [-0.3, -0.25) is 5.43 Å². The highest BCUT2D eigenvalue weighted by Crippen LogP contribution is 2.29. The number of halogens is 3. The van der Waals surface area contributed by atoms with Crippen LogP contribution in [0.1, 0.15) is 32.9 Å². The summed E-state index contributed by atoms with van der Waals surface area (Å²) in [6.45, 7) is 5.55. The van der Waals surface area contributed by atoms with Crippen molar-refractivity contribution in [3.8, 4) is 0 Å². The van der Waals surface area contributed by atoms with Crippen molar-refractivity contribution in [1.29, 1.82) is 0 Å². The maximum absolute atomic E-state index is 12.7. The normalized spacial score (nSPS) is 14.9. The molecule has 1 atom stereocenters. The van der Waals surface area contributed by atoms with Gasteiger partial charge in [-0.25, -0.2) is 10.8 Å². The van der Waals surface area contributed by atoms with Crippen LogP contribution in [-0.2, 0) is 6.18 Å². The largest absolute Gasteiger partial charge is 0.433 e. The fraction of sp³-hybridized carbons (Fsp3) is 0.667. The first-order valence-electron chi connectivity index (χ1n) is 6.42. The van der Waals surface area contributed by atoms with Crippen LogP contribution in [0.3, 0.4) is 0 Å². The van der Waals surface area contributed by atoms with Gasteiger partial charge in [-0.1, -0.05) is 13.8 Å². The van der Waals surface area contributed by atoms with Crippen LogP contribution in [-0.4, -0.2) is 27.2 Å². The van der Waals surface area contributed by atoms with E-state index in [4.69, 9.17) is 5.84 Å². The van der Waals surface area contributed by atoms with Crippen LogP contribution in [0.15, 0.2) is 6.07 Å². The third kappa shape index (κ3) is 5.72. The predicted octanol–water partition coefficient (Wildman–Crippen LogP) is 1.99. The van der Waals surface area contributed by atoms with Gasteiger partial charge in [-0.2, -0.15) is 18.2 Å². The first kappa shape index (κ1) is 17.4. The van der Waals surface area contributed by atoms with E-state index in [1.54, 1.807) is 6.92 Å². The predicted molar refractivity (Wildman–Crippen MR) is 73.4 cm³/mol. The molecule has 1 rings (SSSR count). The Bertz CT molecular complexity index is 476. The van der Waals surface area contributed by atoms with E-state index in [1.807, 2.05) is 19.3 Å². The van der Waals surface area contributed by atoms with E-state index in [0.29, 0.717) is 6.42 Å². The zero-order valence-corrected chi connectivity index (χ0v) is 12.1. The molecule has 0 amide bonds. The van der Waals surface area contributed by atoms with Crippen molar-refractivity contribution < 1.29 is 18.3 Å². The number of hydrogen-bond acceptors (Lipinski definition) is 6. The van der Waals surface area contributed by atoms with Gasteiger partial charge in [0.1, 0.15) is 5.82 Å². The molecular weight excluding hydrogens is 287 g/mol. The zero-order valence-electron chi connectivity index (χ0n) is 12.1. The molecule has 0 fully saturated rings. The zero-order chi connectivity index (χ0) is 16.3. The summed E-state index contributed by atoms with van der Waals surface area (Å²) in [6, 6.07) is 0.770. The monoisotopic (exact) mass is 307 g/mol. The average molecular weight is 307 g/mol. The van der Waals surface area contributed by atoms with E-state index >= 15 is 0 Å². The summed E-state index contributed by atoms with van der Waals surface area (Å²) in [5.41, 5.74) is -0.192. The van der Waals surface area contributed by atoms with Gasteiger partial charge < -0.3 is 10.4 Å². The van der Waals surface area contributed by atoms with Crippen LogP contribution in [0.5, 0.6) is 0 Å². The fourth-order valence-electron chi connectivity index (χ4n) is 1.98. The second-order valence-electron chi connectivity index (χ2n) is 5.55. The Balaban J connectivity index is 2.88. The second kappa shape index (κ2) is 6.44. The summed E-state index contributed by atoms with van der Waals surface area (Å²) in [4.78, 5) is 7.02. The van der Waals surface area contributed by atoms with Crippen molar-refractivity contribution in [2.24, 2.45) is 11.8 Å². The topological polar surface area (TPSA) is 96.1 Å². The van der Waals surface area contributed by atoms with Gasteiger partial charge in [0.2, 0.25) is 5.95 Å². The van der Waals surface area contributed by atoms with Crippen molar-refractivity contribution in [3.63, 3.8) is 0 Å². The smallest absolute Gasteiger partial charge is 0.388 e. The summed E-state index contributed by atoms with van der Waals surface area (Å²) in [7, 11) is 0. The highest BCUT2D eigenvalue weighted by Gasteiger charge is 2.34. The summed E-state index contributed by atoms with van der Waals surface area (Å²) in [6.07, 6.45) is -4.11. The third-order valence-electron chi connectivity index (χ3n) is 2.64. The molecule has 1 aromatic rings. The van der Waals surface area contributed by atoms with Crippen molar-refractivity contribution in [3.05, 3.63) is 11.8 Å². The van der Waals surface area contributed by atoms with Crippen LogP contribution >= 0.6 is 0 Å². The molecule has 0 radical (unpaired) electrons. The molecule has 21 heavy (non-hydrogen) atoms. The molecule has 0 saturated carbocycles. The number of nitrogens with two attached hydrogens (primary N) is 1. The molecule has 5 N–H and O–H groups in total. The van der Waals surface area contributed by atoms with Crippen molar-refractivity contribution >= 4 is 11.8 Å². The molecule has 0 spiro atoms. The van der Waals surface area contributed by atoms with Gasteiger partial charge in [0.15, 0.2) is 5.69 Å². The van der Waals surface area contributed by atoms with Crippen LogP contribution in [0.2, 0.25) is 0 Å². The van der Waals surface area contributed by atoms with E-state index in [2.05, 4.69) is 15.3 Å². The number of aromatic nitrogens is 2. The summed E-state index contributed by atoms with van der Waals surface area (Å²) in [5.74, 6) is 4.90. The Morgan fingerprint density at radius 1 is 1.33 bits per heavy atom. The highest BCUT2D eigenvalue weighted by atomic mass is 19.4. The maximum atomic E-state index is 12.7. The highest BCUT2D eigenvalue weighted by molar-refractivity contribution is 5.42. The van der Waals surface area contributed by atoms with E-state index in [0.717, 1.165) is 6.07 Å². The molecule has 0 aliphatic heterocycles. The molecule has 1 unspecified atom stereocenters. The molecule has 0 saturated heterocycles. The van der Waals surface area contributed by atoms with Crippen molar-refractivity contribution in [1.82, 2.24) is 9.97 Å². The lowest BCUT2D eigenvalue weighted by molar-refractivity contribution is -0.141. The summed E-state index contributed by atoms with van der Waals surface area (Å²) >= 11 is 0. The quantitative estimate of drug-likeness (QED) is 0.474. The van der Waals surface area contributed by atoms with Gasteiger partial charge in [-0.05, 0) is 19.3 Å². The van der Waals surface area contributed by atoms with Gasteiger partial charge >= 0.3 is 6.18 Å². The Kier molecular flexibility index (Phi) is 5.35. The molecule has 1 heterocycles. The Labute approximate surface area is 120 Å². The average Bonchev–Trinajstić information content (AvgIpc) is 2.33. The number of anilines is 2. The molecule has 9 heteroatoms. The number of nitrogens with zero attached hydrogens (tertiary/aromatic N) is 2. The minimum absolute atomic E-state index is 0.0590. The Morgan fingerprint density at radius 3 is 2.43 bits per heavy atom. The lowest BCUT2D eigenvalue weighted by Gasteiger charge is -2.26. The van der Waals surface area contributed by atoms with Gasteiger partial charge in [0.25, 0.3) is 0 Å². The van der Waals surface area contributed by atoms with Crippen LogP contribution in [0.4, 0.5) is 24.9 Å². The number of aliphatic hydroxyl groups is 1. The fourth-order valence-corrected chi connectivity index (χ4v) is 1.98. The molecule has 120 valence electrons. The number of nitrogens with one attached hydrogen (secondary N) is 2. The number of nitrogen functional groups attached to an aromatic ring is 1. The molecule has 6 nitrogen and oxygen atoms in total. The van der Waals surface area contributed by atoms with Crippen molar-refractivity contribution in [2.75, 3.05) is 17.3 Å². The molecule has 0 aliphatic rings. The molecule has 0 bridgehead atoms. The first-order valence-corrected chi connectivity index (χ1v) is 6.42. The minimum atomic E-state index is -4.61. The number of hydrogen-bond donors (Lipinski definition) is 4. The van der Waals surface area contributed by atoms with Crippen LogP contribution in [0.25, 0.3) is 0 Å². The van der Waals surface area contributed by atoms with E-state index in [-0.39, 0.29) is 24.2 Å². The van der Waals surface area contributed by atoms with Crippen LogP contribution < -0.4 is 16.6 Å². The summed E-state index contributed by atoms with van der Waals surface area (Å²) in [5, 5.41) is 12.8. The number of hydrazine groups is 1. The third-order valence-corrected chi connectivity index (χ3v) is 2.64. The number of alkyl halides is 3. The van der Waals surface area contributed by atoms with Crippen LogP contribution in [0, 0.1) is 5.92 Å². The maximum Gasteiger partial charge on any atom is 0.433 e. The van der Waals surface area contributed by atoms with E-state index in [9.17, 15) is 18.3 Å². The SMILES string of the molecule is CC(C)CC(C)(O)CNc1cc(C(F)(F)F)nc(NN)n1. The number of rotatable bonds is 6. The van der Waals surface area contributed by atoms with Gasteiger partial charge in [0.05, 0.1) is 5.60 Å². The second-order valence-corrected chi connectivity index (χ2v) is 5.55. The molecule has 0 aliphatic carbocycles. The standard InChI is InChI=1S/C12H20F3N5O/c1-7(2)5-11(3,21)6-17-9-4-8(12(13,14)15)18-10(19-9)20-16/h4,7,21H,5-6,16H2,1-3H3,(H2,17,18,19,20). The summed E-state index contributed by atoms with van der Waals surface area (Å²) < 4.78 is 38.1. The molecular formula is C12H20F3N5O. The van der Waals surface area contributed by atoms with Crippen molar-refractivity contribution in [2.45, 2.75) is 39.0 Å². The van der Waals surface area contributed by atoms with Gasteiger partial charge in [-0.15, -0.1) is 0 Å². The Morgan fingerprint density at radius 2 is 1.95 bits per heavy atom. The lowest BCUT2D eigenvalue weighted by Crippen LogP contribution is -2.35. The molecule has 0 aromatic carbocycles. The Hall–Kier alpha value is -1.61. The van der Waals surface area contributed by atoms with Gasteiger partial charge in [0, 0.05) is 12.6 Å². The lowest BCUT2D eigenvalue weighted by atomic mass is 9.94. The van der Waals surface area contributed by atoms with E-state index < -0.39 is 17.5 Å². The molecule has 1 aromatic heterocycles. The van der Waals surface area contributed by atoms with E-state index in [1.165, 1.54) is 0 Å².